The Kier molecular flexibility index (Phi) is 6.41. The number of nitrogens with one attached hydrogen (secondary N) is 2. The second-order valence-corrected chi connectivity index (χ2v) is 10.7. The zero-order valence-electron chi connectivity index (χ0n) is 21.3. The lowest BCUT2D eigenvalue weighted by Gasteiger charge is -2.52. The average Bonchev–Trinajstić information content (AvgIpc) is 3.31. The van der Waals surface area contributed by atoms with Crippen molar-refractivity contribution in [2.24, 2.45) is 12.5 Å². The molecule has 0 spiro atoms. The van der Waals surface area contributed by atoms with Gasteiger partial charge in [-0.1, -0.05) is 24.3 Å². The van der Waals surface area contributed by atoms with Crippen LogP contribution in [0.25, 0.3) is 11.4 Å². The number of carbonyl (C=O) groups excluding carboxylic acids is 1. The molecule has 198 valence electrons. The fourth-order valence-electron chi connectivity index (χ4n) is 6.08. The number of aromatic nitrogens is 3. The lowest BCUT2D eigenvalue weighted by Crippen LogP contribution is -2.50. The molecule has 3 aliphatic carbocycles. The first-order valence-electron chi connectivity index (χ1n) is 12.7. The maximum atomic E-state index is 13.6. The van der Waals surface area contributed by atoms with Gasteiger partial charge in [-0.15, -0.1) is 10.2 Å². The van der Waals surface area contributed by atoms with Crippen molar-refractivity contribution in [3.63, 3.8) is 0 Å². The van der Waals surface area contributed by atoms with Gasteiger partial charge in [0.2, 0.25) is 0 Å². The molecule has 38 heavy (non-hydrogen) atoms. The first-order chi connectivity index (χ1) is 18.1. The van der Waals surface area contributed by atoms with Crippen LogP contribution in [0.2, 0.25) is 0 Å². The van der Waals surface area contributed by atoms with Crippen molar-refractivity contribution in [3.8, 4) is 17.5 Å². The molecule has 3 fully saturated rings. The van der Waals surface area contributed by atoms with Crippen LogP contribution in [0.4, 0.5) is 23.7 Å². The van der Waals surface area contributed by atoms with E-state index in [1.165, 1.54) is 12.1 Å². The number of benzene rings is 2. The number of amides is 2. The number of fused-ring (bicyclic) bond motifs is 3. The third-order valence-corrected chi connectivity index (χ3v) is 8.46. The van der Waals surface area contributed by atoms with E-state index in [0.717, 1.165) is 56.0 Å². The molecule has 3 saturated carbocycles. The Hall–Kier alpha value is -3.87. The Morgan fingerprint density at radius 2 is 1.76 bits per heavy atom. The van der Waals surface area contributed by atoms with E-state index in [1.807, 2.05) is 6.92 Å². The monoisotopic (exact) mass is 522 g/mol. The number of nitrogens with zero attached hydrogens (tertiary/aromatic N) is 4. The van der Waals surface area contributed by atoms with E-state index >= 15 is 0 Å². The van der Waals surface area contributed by atoms with Crippen molar-refractivity contribution in [3.05, 3.63) is 65.0 Å². The van der Waals surface area contributed by atoms with Gasteiger partial charge in [0.05, 0.1) is 17.2 Å². The quantitative estimate of drug-likeness (QED) is 0.424. The molecule has 0 unspecified atom stereocenters. The minimum Gasteiger partial charge on any atom is -0.337 e. The summed E-state index contributed by atoms with van der Waals surface area (Å²) in [7, 11) is 1.75. The van der Waals surface area contributed by atoms with E-state index in [-0.39, 0.29) is 28.2 Å². The molecule has 2 aromatic carbocycles. The number of urea groups is 1. The lowest BCUT2D eigenvalue weighted by molar-refractivity contribution is -0.137. The van der Waals surface area contributed by atoms with Crippen LogP contribution in [-0.2, 0) is 18.6 Å². The first kappa shape index (κ1) is 25.8. The Morgan fingerprint density at radius 1 is 1.08 bits per heavy atom. The molecule has 1 heterocycles. The maximum Gasteiger partial charge on any atom is 0.417 e. The SMILES string of the molecule is Cc1ccc(NC(=O)NCC23CCC(c4nnc(-c5ccccc5C(F)(F)F)n4C)(CC2)CC3)cc1C#N. The van der Waals surface area contributed by atoms with Crippen molar-refractivity contribution in [2.75, 3.05) is 11.9 Å². The van der Waals surface area contributed by atoms with Gasteiger partial charge in [-0.2, -0.15) is 18.4 Å². The van der Waals surface area contributed by atoms with Crippen LogP contribution < -0.4 is 10.6 Å². The molecule has 0 aliphatic heterocycles. The molecule has 7 nitrogen and oxygen atoms in total. The third kappa shape index (κ3) is 4.62. The number of rotatable bonds is 5. The summed E-state index contributed by atoms with van der Waals surface area (Å²) >= 11 is 0. The number of carbonyl (C=O) groups is 1. The van der Waals surface area contributed by atoms with Crippen LogP contribution in [0, 0.1) is 23.7 Å². The lowest BCUT2D eigenvalue weighted by atomic mass is 9.53. The fourth-order valence-corrected chi connectivity index (χ4v) is 6.08. The molecular formula is C28H29F3N6O. The van der Waals surface area contributed by atoms with Gasteiger partial charge in [-0.3, -0.25) is 0 Å². The number of nitriles is 1. The maximum absolute atomic E-state index is 13.6. The molecule has 6 rings (SSSR count). The molecule has 2 bridgehead atoms. The molecule has 10 heteroatoms. The highest BCUT2D eigenvalue weighted by atomic mass is 19.4. The van der Waals surface area contributed by atoms with E-state index in [1.54, 1.807) is 35.9 Å². The molecule has 0 saturated heterocycles. The van der Waals surface area contributed by atoms with Gasteiger partial charge in [0.25, 0.3) is 0 Å². The molecule has 2 N–H and O–H groups in total. The molecule has 2 amide bonds. The second kappa shape index (κ2) is 9.46. The summed E-state index contributed by atoms with van der Waals surface area (Å²) in [5.41, 5.74) is 1.00. The van der Waals surface area contributed by atoms with Gasteiger partial charge < -0.3 is 15.2 Å². The Labute approximate surface area is 219 Å². The number of halogens is 3. The highest BCUT2D eigenvalue weighted by Crippen LogP contribution is 2.57. The van der Waals surface area contributed by atoms with Crippen LogP contribution >= 0.6 is 0 Å². The van der Waals surface area contributed by atoms with Crippen molar-refractivity contribution >= 4 is 11.7 Å². The molecule has 0 radical (unpaired) electrons. The minimum atomic E-state index is -4.48. The summed E-state index contributed by atoms with van der Waals surface area (Å²) in [6.07, 6.45) is 0.701. The zero-order chi connectivity index (χ0) is 27.1. The second-order valence-electron chi connectivity index (χ2n) is 10.7. The van der Waals surface area contributed by atoms with E-state index in [0.29, 0.717) is 17.8 Å². The number of anilines is 1. The fraction of sp³-hybridized carbons (Fsp3) is 0.429. The van der Waals surface area contributed by atoms with E-state index in [2.05, 4.69) is 26.9 Å². The van der Waals surface area contributed by atoms with Crippen LogP contribution in [0.3, 0.4) is 0 Å². The predicted molar refractivity (Wildman–Crippen MR) is 136 cm³/mol. The number of hydrogen-bond acceptors (Lipinski definition) is 4. The van der Waals surface area contributed by atoms with Crippen molar-refractivity contribution in [2.45, 2.75) is 57.0 Å². The van der Waals surface area contributed by atoms with E-state index in [4.69, 9.17) is 0 Å². The smallest absolute Gasteiger partial charge is 0.337 e. The van der Waals surface area contributed by atoms with Crippen LogP contribution in [0.1, 0.15) is 61.0 Å². The average molecular weight is 523 g/mol. The minimum absolute atomic E-state index is 0.0194. The van der Waals surface area contributed by atoms with E-state index in [9.17, 15) is 23.2 Å². The number of aryl methyl sites for hydroxylation is 1. The van der Waals surface area contributed by atoms with E-state index < -0.39 is 11.7 Å². The molecule has 1 aromatic heterocycles. The molecule has 3 aromatic rings. The van der Waals surface area contributed by atoms with Gasteiger partial charge in [0, 0.05) is 30.3 Å². The highest BCUT2D eigenvalue weighted by Gasteiger charge is 2.51. The topological polar surface area (TPSA) is 95.6 Å². The summed E-state index contributed by atoms with van der Waals surface area (Å²) in [6.45, 7) is 2.38. The third-order valence-electron chi connectivity index (χ3n) is 8.46. The summed E-state index contributed by atoms with van der Waals surface area (Å²) < 4.78 is 42.6. The summed E-state index contributed by atoms with van der Waals surface area (Å²) in [6, 6.07) is 12.5. The van der Waals surface area contributed by atoms with Crippen LogP contribution in [-0.4, -0.2) is 27.3 Å². The van der Waals surface area contributed by atoms with Gasteiger partial charge in [0.15, 0.2) is 5.82 Å². The van der Waals surface area contributed by atoms with Crippen molar-refractivity contribution in [1.82, 2.24) is 20.1 Å². The van der Waals surface area contributed by atoms with Gasteiger partial charge in [0.1, 0.15) is 5.82 Å². The van der Waals surface area contributed by atoms with Gasteiger partial charge in [-0.25, -0.2) is 4.79 Å². The predicted octanol–water partition coefficient (Wildman–Crippen LogP) is 6.09. The first-order valence-corrected chi connectivity index (χ1v) is 12.7. The molecular weight excluding hydrogens is 493 g/mol. The zero-order valence-corrected chi connectivity index (χ0v) is 21.3. The standard InChI is InChI=1S/C28H29F3N6O/c1-18-7-8-20(15-19(18)16-32)34-25(38)33-17-26-9-12-27(13-10-26,14-11-26)24-36-35-23(37(24)2)21-5-3-4-6-22(21)28(29,30)31/h3-8,15H,9-14,17H2,1-2H3,(H2,33,34,38). The summed E-state index contributed by atoms with van der Waals surface area (Å²) in [5, 5.41) is 23.6. The van der Waals surface area contributed by atoms with Crippen LogP contribution in [0.15, 0.2) is 42.5 Å². The number of hydrogen-bond donors (Lipinski definition) is 2. The Morgan fingerprint density at radius 3 is 2.42 bits per heavy atom. The normalized spacial score (nSPS) is 22.6. The Balaban J connectivity index is 1.26. The summed E-state index contributed by atoms with van der Waals surface area (Å²) in [4.78, 5) is 12.6. The van der Waals surface area contributed by atoms with Crippen molar-refractivity contribution in [1.29, 1.82) is 5.26 Å². The van der Waals surface area contributed by atoms with Crippen molar-refractivity contribution < 1.29 is 18.0 Å². The Bertz CT molecular complexity index is 1400. The molecule has 0 atom stereocenters. The largest absolute Gasteiger partial charge is 0.417 e. The molecule has 3 aliphatic rings. The number of alkyl halides is 3. The van der Waals surface area contributed by atoms with Gasteiger partial charge >= 0.3 is 12.2 Å². The van der Waals surface area contributed by atoms with Crippen LogP contribution in [0.5, 0.6) is 0 Å². The highest BCUT2D eigenvalue weighted by molar-refractivity contribution is 5.89. The van der Waals surface area contributed by atoms with Gasteiger partial charge in [-0.05, 0) is 74.6 Å². The summed E-state index contributed by atoms with van der Waals surface area (Å²) in [5.74, 6) is 0.954.